The average Bonchev–Trinajstić information content (AvgIpc) is 2.68. The van der Waals surface area contributed by atoms with E-state index >= 15 is 0 Å². The molecule has 3 atom stereocenters. The Morgan fingerprint density at radius 1 is 0.964 bits per heavy atom. The van der Waals surface area contributed by atoms with Gasteiger partial charge in [0.2, 0.25) is 0 Å². The van der Waals surface area contributed by atoms with E-state index in [1.54, 1.807) is 6.92 Å². The number of rotatable bonds is 6. The molecule has 0 saturated heterocycles. The van der Waals surface area contributed by atoms with Crippen LogP contribution in [0.2, 0.25) is 5.02 Å². The van der Waals surface area contributed by atoms with Gasteiger partial charge in [-0.1, -0.05) is 57.4 Å². The summed E-state index contributed by atoms with van der Waals surface area (Å²) in [5.74, 6) is 0. The number of hydrogen-bond donors (Lipinski definition) is 1. The van der Waals surface area contributed by atoms with Gasteiger partial charge in [0.1, 0.15) is 4.21 Å². The summed E-state index contributed by atoms with van der Waals surface area (Å²) in [7, 11) is -1.46. The van der Waals surface area contributed by atoms with Crippen LogP contribution < -0.4 is 5.32 Å². The molecule has 0 aliphatic rings. The molecule has 0 heterocycles. The zero-order chi connectivity index (χ0) is 20.3. The molecule has 1 N–H and O–H groups in total. The zero-order valence-electron chi connectivity index (χ0n) is 15.5. The van der Waals surface area contributed by atoms with Crippen LogP contribution in [0.4, 0.5) is 5.69 Å². The number of alkyl halides is 1. The SMILES string of the molecule is Cc1ccc([S@@](=O)[C@](C)(Cl)[C@H](Nc2ccc(Br)cc2)c2ccc(Cl)cc2)cc1. The van der Waals surface area contributed by atoms with Crippen molar-refractivity contribution in [1.82, 2.24) is 0 Å². The first-order chi connectivity index (χ1) is 13.3. The summed E-state index contributed by atoms with van der Waals surface area (Å²) in [6.07, 6.45) is 0. The van der Waals surface area contributed by atoms with E-state index in [1.165, 1.54) is 0 Å². The van der Waals surface area contributed by atoms with Crippen LogP contribution in [0.15, 0.2) is 82.2 Å². The minimum atomic E-state index is -1.46. The molecular formula is C22H20BrCl2NOS. The van der Waals surface area contributed by atoms with Crippen LogP contribution in [0.1, 0.15) is 24.1 Å². The van der Waals surface area contributed by atoms with Crippen molar-refractivity contribution < 1.29 is 4.21 Å². The predicted octanol–water partition coefficient (Wildman–Crippen LogP) is 7.33. The topological polar surface area (TPSA) is 29.1 Å². The first-order valence-electron chi connectivity index (χ1n) is 8.72. The fourth-order valence-electron chi connectivity index (χ4n) is 2.88. The third-order valence-electron chi connectivity index (χ3n) is 4.47. The lowest BCUT2D eigenvalue weighted by atomic mass is 10.0. The first kappa shape index (κ1) is 21.4. The Hall–Kier alpha value is -1.33. The molecule has 2 nitrogen and oxygen atoms in total. The van der Waals surface area contributed by atoms with Gasteiger partial charge in [-0.2, -0.15) is 0 Å². The van der Waals surface area contributed by atoms with Gasteiger partial charge < -0.3 is 5.32 Å². The number of halogens is 3. The van der Waals surface area contributed by atoms with E-state index in [0.717, 1.165) is 21.3 Å². The highest BCUT2D eigenvalue weighted by molar-refractivity contribution is 9.10. The van der Waals surface area contributed by atoms with Crippen LogP contribution in [-0.2, 0) is 10.8 Å². The fraction of sp³-hybridized carbons (Fsp3) is 0.182. The van der Waals surface area contributed by atoms with E-state index in [-0.39, 0.29) is 0 Å². The van der Waals surface area contributed by atoms with E-state index in [2.05, 4.69) is 21.2 Å². The highest BCUT2D eigenvalue weighted by atomic mass is 79.9. The molecule has 0 bridgehead atoms. The lowest BCUT2D eigenvalue weighted by Gasteiger charge is -2.33. The molecular weight excluding hydrogens is 477 g/mol. The molecule has 3 aromatic rings. The van der Waals surface area contributed by atoms with Crippen molar-refractivity contribution in [3.05, 3.63) is 93.4 Å². The quantitative estimate of drug-likeness (QED) is 0.362. The Bertz CT molecular complexity index is 957. The molecule has 0 aliphatic carbocycles. The molecule has 146 valence electrons. The van der Waals surface area contributed by atoms with Crippen molar-refractivity contribution in [3.8, 4) is 0 Å². The van der Waals surface area contributed by atoms with Gasteiger partial charge in [-0.3, -0.25) is 4.21 Å². The molecule has 28 heavy (non-hydrogen) atoms. The molecule has 0 spiro atoms. The minimum absolute atomic E-state index is 0.408. The third kappa shape index (κ3) is 4.98. The van der Waals surface area contributed by atoms with Crippen molar-refractivity contribution in [2.75, 3.05) is 5.32 Å². The Morgan fingerprint density at radius 2 is 1.54 bits per heavy atom. The van der Waals surface area contributed by atoms with Crippen molar-refractivity contribution in [2.24, 2.45) is 0 Å². The molecule has 0 amide bonds. The number of nitrogens with one attached hydrogen (secondary N) is 1. The molecule has 0 aromatic heterocycles. The summed E-state index contributed by atoms with van der Waals surface area (Å²) < 4.78 is 13.3. The first-order valence-corrected chi connectivity index (χ1v) is 11.4. The van der Waals surface area contributed by atoms with Crippen LogP contribution in [0, 0.1) is 6.92 Å². The zero-order valence-corrected chi connectivity index (χ0v) is 19.4. The molecule has 6 heteroatoms. The van der Waals surface area contributed by atoms with Crippen LogP contribution in [0.3, 0.4) is 0 Å². The molecule has 0 fully saturated rings. The second-order valence-electron chi connectivity index (χ2n) is 6.70. The summed E-state index contributed by atoms with van der Waals surface area (Å²) in [6.45, 7) is 3.80. The summed E-state index contributed by atoms with van der Waals surface area (Å²) in [5, 5.41) is 4.10. The van der Waals surface area contributed by atoms with E-state index < -0.39 is 21.0 Å². The van der Waals surface area contributed by atoms with Gasteiger partial charge in [0.25, 0.3) is 0 Å². The van der Waals surface area contributed by atoms with Crippen molar-refractivity contribution in [1.29, 1.82) is 0 Å². The van der Waals surface area contributed by atoms with Crippen molar-refractivity contribution >= 4 is 55.6 Å². The lowest BCUT2D eigenvalue weighted by Crippen LogP contribution is -2.36. The van der Waals surface area contributed by atoms with Crippen LogP contribution in [0.5, 0.6) is 0 Å². The molecule has 3 aromatic carbocycles. The summed E-state index contributed by atoms with van der Waals surface area (Å²) >= 11 is 16.5. The largest absolute Gasteiger partial charge is 0.375 e. The monoisotopic (exact) mass is 495 g/mol. The second-order valence-corrected chi connectivity index (χ2v) is 10.9. The maximum atomic E-state index is 13.4. The molecule has 0 saturated carbocycles. The Morgan fingerprint density at radius 3 is 2.11 bits per heavy atom. The number of hydrogen-bond acceptors (Lipinski definition) is 2. The van der Waals surface area contributed by atoms with Gasteiger partial charge in [-0.25, -0.2) is 0 Å². The van der Waals surface area contributed by atoms with Gasteiger partial charge in [-0.05, 0) is 67.9 Å². The summed E-state index contributed by atoms with van der Waals surface area (Å²) in [4.78, 5) is 0.694. The normalized spacial score (nSPS) is 15.5. The van der Waals surface area contributed by atoms with Gasteiger partial charge in [-0.15, -0.1) is 11.6 Å². The predicted molar refractivity (Wildman–Crippen MR) is 124 cm³/mol. The molecule has 0 aliphatic heterocycles. The van der Waals surface area contributed by atoms with Crippen molar-refractivity contribution in [2.45, 2.75) is 29.0 Å². The van der Waals surface area contributed by atoms with Gasteiger partial charge in [0.15, 0.2) is 0 Å². The summed E-state index contributed by atoms with van der Waals surface area (Å²) in [5.41, 5.74) is 2.90. The average molecular weight is 497 g/mol. The smallest absolute Gasteiger partial charge is 0.145 e. The maximum absolute atomic E-state index is 13.4. The second kappa shape index (κ2) is 9.00. The third-order valence-corrected chi connectivity index (χ3v) is 7.55. The van der Waals surface area contributed by atoms with E-state index in [1.807, 2.05) is 79.7 Å². The van der Waals surface area contributed by atoms with Gasteiger partial charge >= 0.3 is 0 Å². The highest BCUT2D eigenvalue weighted by Crippen LogP contribution is 2.40. The van der Waals surface area contributed by atoms with Crippen LogP contribution in [-0.4, -0.2) is 8.42 Å². The van der Waals surface area contributed by atoms with E-state index in [4.69, 9.17) is 23.2 Å². The fourth-order valence-corrected chi connectivity index (χ4v) is 4.97. The highest BCUT2D eigenvalue weighted by Gasteiger charge is 2.40. The van der Waals surface area contributed by atoms with E-state index in [9.17, 15) is 4.21 Å². The number of anilines is 1. The number of aryl methyl sites for hydroxylation is 1. The molecule has 0 radical (unpaired) electrons. The Kier molecular flexibility index (Phi) is 6.87. The lowest BCUT2D eigenvalue weighted by molar-refractivity contribution is 0.635. The van der Waals surface area contributed by atoms with Crippen LogP contribution >= 0.6 is 39.1 Å². The van der Waals surface area contributed by atoms with Gasteiger partial charge in [0, 0.05) is 20.1 Å². The standard InChI is InChI=1S/C22H20BrCl2NOS/c1-15-3-13-20(14-4-15)28(27)22(2,25)21(16-5-9-18(24)10-6-16)26-19-11-7-17(23)8-12-19/h3-14,21,26H,1-2H3/t21-,22+,28-/m1/s1. The van der Waals surface area contributed by atoms with Gasteiger partial charge in [0.05, 0.1) is 16.8 Å². The minimum Gasteiger partial charge on any atom is -0.375 e. The Labute approximate surface area is 186 Å². The summed E-state index contributed by atoms with van der Waals surface area (Å²) in [6, 6.07) is 22.5. The molecule has 3 rings (SSSR count). The molecule has 0 unspecified atom stereocenters. The van der Waals surface area contributed by atoms with Crippen LogP contribution in [0.25, 0.3) is 0 Å². The Balaban J connectivity index is 2.00. The van der Waals surface area contributed by atoms with E-state index in [0.29, 0.717) is 9.92 Å². The number of benzene rings is 3. The van der Waals surface area contributed by atoms with Crippen molar-refractivity contribution in [3.63, 3.8) is 0 Å². The maximum Gasteiger partial charge on any atom is 0.145 e.